The lowest BCUT2D eigenvalue weighted by atomic mass is 10.1. The van der Waals surface area contributed by atoms with E-state index < -0.39 is 18.2 Å². The molecule has 2 amide bonds. The van der Waals surface area contributed by atoms with Crippen molar-refractivity contribution < 1.29 is 28.6 Å². The van der Waals surface area contributed by atoms with E-state index in [9.17, 15) is 14.4 Å². The second kappa shape index (κ2) is 8.67. The van der Waals surface area contributed by atoms with Crippen LogP contribution in [0.1, 0.15) is 40.6 Å². The number of cyclic esters (lactones) is 1. The Balaban J connectivity index is 1.42. The fourth-order valence-electron chi connectivity index (χ4n) is 4.07. The van der Waals surface area contributed by atoms with Crippen molar-refractivity contribution in [2.45, 2.75) is 31.5 Å². The molecule has 2 aromatic carbocycles. The zero-order chi connectivity index (χ0) is 22.0. The molecule has 0 spiro atoms. The van der Waals surface area contributed by atoms with Gasteiger partial charge in [-0.05, 0) is 36.6 Å². The fraction of sp³-hybridized carbons (Fsp3) is 0.348. The second-order valence-corrected chi connectivity index (χ2v) is 7.43. The van der Waals surface area contributed by atoms with Gasteiger partial charge in [-0.25, -0.2) is 4.79 Å². The molecule has 1 N–H and O–H groups in total. The summed E-state index contributed by atoms with van der Waals surface area (Å²) in [4.78, 5) is 39.0. The van der Waals surface area contributed by atoms with Gasteiger partial charge in [0.2, 0.25) is 18.0 Å². The van der Waals surface area contributed by atoms with E-state index in [1.807, 2.05) is 18.2 Å². The highest BCUT2D eigenvalue weighted by Crippen LogP contribution is 2.38. The fourth-order valence-corrected chi connectivity index (χ4v) is 4.07. The van der Waals surface area contributed by atoms with Crippen molar-refractivity contribution >= 4 is 17.8 Å². The Labute approximate surface area is 180 Å². The van der Waals surface area contributed by atoms with Crippen LogP contribution < -0.4 is 14.8 Å². The lowest BCUT2D eigenvalue weighted by Gasteiger charge is -2.29. The monoisotopic (exact) mass is 424 g/mol. The molecule has 2 atom stereocenters. The van der Waals surface area contributed by atoms with Crippen molar-refractivity contribution in [1.82, 2.24) is 10.2 Å². The number of ether oxygens (including phenoxy) is 3. The zero-order valence-corrected chi connectivity index (χ0v) is 17.4. The van der Waals surface area contributed by atoms with E-state index in [0.717, 1.165) is 5.56 Å². The molecule has 8 heteroatoms. The predicted molar refractivity (Wildman–Crippen MR) is 111 cm³/mol. The number of hydrogen-bond acceptors (Lipinski definition) is 6. The van der Waals surface area contributed by atoms with Crippen LogP contribution in [0.15, 0.2) is 42.5 Å². The van der Waals surface area contributed by atoms with Crippen LogP contribution >= 0.6 is 0 Å². The average molecular weight is 424 g/mol. The maximum Gasteiger partial charge on any atom is 0.340 e. The highest BCUT2D eigenvalue weighted by Gasteiger charge is 2.46. The molecule has 1 fully saturated rings. The van der Waals surface area contributed by atoms with Gasteiger partial charge in [0.1, 0.15) is 6.04 Å². The highest BCUT2D eigenvalue weighted by atomic mass is 16.6. The first-order valence-electron chi connectivity index (χ1n) is 10.1. The number of carbonyl (C=O) groups is 3. The van der Waals surface area contributed by atoms with Gasteiger partial charge in [0.25, 0.3) is 0 Å². The first-order chi connectivity index (χ1) is 15.0. The first-order valence-corrected chi connectivity index (χ1v) is 10.1. The Morgan fingerprint density at radius 1 is 1.13 bits per heavy atom. The summed E-state index contributed by atoms with van der Waals surface area (Å²) in [5.41, 5.74) is 2.03. The minimum Gasteiger partial charge on any atom is -0.493 e. The number of fused-ring (bicyclic) bond motifs is 1. The molecule has 162 valence electrons. The molecular weight excluding hydrogens is 400 g/mol. The summed E-state index contributed by atoms with van der Waals surface area (Å²) in [6.07, 6.45) is 0.357. The Kier molecular flexibility index (Phi) is 5.79. The van der Waals surface area contributed by atoms with Gasteiger partial charge < -0.3 is 19.5 Å². The number of nitrogens with zero attached hydrogens (tertiary/aromatic N) is 1. The molecule has 8 nitrogen and oxygen atoms in total. The van der Waals surface area contributed by atoms with E-state index in [-0.39, 0.29) is 18.2 Å². The van der Waals surface area contributed by atoms with Crippen molar-refractivity contribution in [1.29, 1.82) is 0 Å². The zero-order valence-electron chi connectivity index (χ0n) is 17.4. The summed E-state index contributed by atoms with van der Waals surface area (Å²) in [6, 6.07) is 11.9. The molecule has 2 aromatic rings. The van der Waals surface area contributed by atoms with Crippen molar-refractivity contribution in [3.8, 4) is 11.5 Å². The van der Waals surface area contributed by atoms with Crippen LogP contribution in [-0.4, -0.2) is 49.5 Å². The molecule has 0 unspecified atom stereocenters. The van der Waals surface area contributed by atoms with E-state index in [2.05, 4.69) is 5.32 Å². The number of rotatable bonds is 7. The van der Waals surface area contributed by atoms with Crippen molar-refractivity contribution in [3.63, 3.8) is 0 Å². The Morgan fingerprint density at radius 3 is 2.68 bits per heavy atom. The number of nitrogens with one attached hydrogen (secondary N) is 1. The van der Waals surface area contributed by atoms with Gasteiger partial charge in [0, 0.05) is 18.5 Å². The van der Waals surface area contributed by atoms with Gasteiger partial charge in [-0.3, -0.25) is 14.5 Å². The summed E-state index contributed by atoms with van der Waals surface area (Å²) in [5, 5.41) is 2.90. The van der Waals surface area contributed by atoms with Crippen molar-refractivity contribution in [2.75, 3.05) is 20.8 Å². The van der Waals surface area contributed by atoms with Gasteiger partial charge in [0.05, 0.1) is 19.8 Å². The minimum atomic E-state index is -0.861. The molecule has 0 bridgehead atoms. The van der Waals surface area contributed by atoms with E-state index in [1.165, 1.54) is 4.90 Å². The van der Waals surface area contributed by atoms with Crippen LogP contribution in [0.25, 0.3) is 0 Å². The summed E-state index contributed by atoms with van der Waals surface area (Å²) in [6.45, 7) is 0.397. The molecule has 1 saturated heterocycles. The first kappa shape index (κ1) is 20.7. The van der Waals surface area contributed by atoms with Gasteiger partial charge >= 0.3 is 5.97 Å². The number of benzene rings is 2. The lowest BCUT2D eigenvalue weighted by molar-refractivity contribution is -0.145. The molecule has 0 aromatic heterocycles. The quantitative estimate of drug-likeness (QED) is 0.685. The van der Waals surface area contributed by atoms with Crippen LogP contribution in [0.4, 0.5) is 0 Å². The molecule has 31 heavy (non-hydrogen) atoms. The predicted octanol–water partition coefficient (Wildman–Crippen LogP) is 2.22. The largest absolute Gasteiger partial charge is 0.493 e. The Hall–Kier alpha value is -3.55. The SMILES string of the molecule is COc1ccc(CCNC(=O)[C@@H]2CCC(=O)N2[C@H]2OC(=O)c3ccccc32)cc1OC. The summed E-state index contributed by atoms with van der Waals surface area (Å²) < 4.78 is 16.0. The van der Waals surface area contributed by atoms with Crippen LogP contribution in [0.5, 0.6) is 11.5 Å². The van der Waals surface area contributed by atoms with Crippen molar-refractivity contribution in [3.05, 3.63) is 59.2 Å². The smallest absolute Gasteiger partial charge is 0.340 e. The summed E-state index contributed by atoms with van der Waals surface area (Å²) in [5.74, 6) is 0.330. The molecule has 2 heterocycles. The number of likely N-dealkylation sites (tertiary alicyclic amines) is 1. The van der Waals surface area contributed by atoms with Crippen LogP contribution in [0, 0.1) is 0 Å². The van der Waals surface area contributed by atoms with Crippen LogP contribution in [0.3, 0.4) is 0 Å². The highest BCUT2D eigenvalue weighted by molar-refractivity contribution is 5.96. The normalized spacial score (nSPS) is 19.7. The summed E-state index contributed by atoms with van der Waals surface area (Å²) in [7, 11) is 3.15. The second-order valence-electron chi connectivity index (χ2n) is 7.43. The lowest BCUT2D eigenvalue weighted by Crippen LogP contribution is -2.46. The number of methoxy groups -OCH3 is 2. The molecule has 2 aliphatic heterocycles. The van der Waals surface area contributed by atoms with E-state index in [4.69, 9.17) is 14.2 Å². The maximum absolute atomic E-state index is 12.9. The molecule has 0 radical (unpaired) electrons. The van der Waals surface area contributed by atoms with Crippen LogP contribution in [-0.2, 0) is 20.7 Å². The van der Waals surface area contributed by atoms with Crippen LogP contribution in [0.2, 0.25) is 0 Å². The van der Waals surface area contributed by atoms with Gasteiger partial charge in [-0.2, -0.15) is 0 Å². The van der Waals surface area contributed by atoms with Gasteiger partial charge in [-0.1, -0.05) is 24.3 Å². The molecular formula is C23H24N2O6. The molecule has 0 aliphatic carbocycles. The number of carbonyl (C=O) groups excluding carboxylic acids is 3. The third kappa shape index (κ3) is 3.93. The standard InChI is InChI=1S/C23H24N2O6/c1-29-18-9-7-14(13-19(18)30-2)11-12-24-21(27)17-8-10-20(26)25(17)22-15-5-3-4-6-16(15)23(28)31-22/h3-7,9,13,17,22H,8,10-12H2,1-2H3,(H,24,27)/t17-,22-/m0/s1. The van der Waals surface area contributed by atoms with Crippen molar-refractivity contribution in [2.24, 2.45) is 0 Å². The Morgan fingerprint density at radius 2 is 1.90 bits per heavy atom. The number of esters is 1. The maximum atomic E-state index is 12.9. The van der Waals surface area contributed by atoms with Gasteiger partial charge in [0.15, 0.2) is 11.5 Å². The Bertz CT molecular complexity index is 1020. The van der Waals surface area contributed by atoms with E-state index in [1.54, 1.807) is 38.5 Å². The summed E-state index contributed by atoms with van der Waals surface area (Å²) >= 11 is 0. The molecule has 0 saturated carbocycles. The third-order valence-electron chi connectivity index (χ3n) is 5.64. The molecule has 2 aliphatic rings. The van der Waals surface area contributed by atoms with Gasteiger partial charge in [-0.15, -0.1) is 0 Å². The minimum absolute atomic E-state index is 0.199. The average Bonchev–Trinajstić information content (AvgIpc) is 3.33. The topological polar surface area (TPSA) is 94.2 Å². The van der Waals surface area contributed by atoms with E-state index in [0.29, 0.717) is 42.0 Å². The third-order valence-corrected chi connectivity index (χ3v) is 5.64. The number of hydrogen-bond donors (Lipinski definition) is 1. The number of amides is 2. The molecule has 4 rings (SSSR count). The van der Waals surface area contributed by atoms with E-state index >= 15 is 0 Å².